The van der Waals surface area contributed by atoms with Crippen molar-refractivity contribution in [3.05, 3.63) is 34.4 Å². The van der Waals surface area contributed by atoms with Crippen molar-refractivity contribution < 1.29 is 4.74 Å². The fraction of sp³-hybridized carbons (Fsp3) is 0.385. The molecule has 1 heterocycles. The lowest BCUT2D eigenvalue weighted by molar-refractivity contribution is 0.127. The Kier molecular flexibility index (Phi) is 4.32. The number of benzene rings is 1. The lowest BCUT2D eigenvalue weighted by Gasteiger charge is -2.06. The highest BCUT2D eigenvalue weighted by atomic mass is 35.5. The molecule has 1 aromatic heterocycles. The summed E-state index contributed by atoms with van der Waals surface area (Å²) in [5, 5.41) is 2.39. The second kappa shape index (κ2) is 5.76. The lowest BCUT2D eigenvalue weighted by atomic mass is 10.2. The van der Waals surface area contributed by atoms with Crippen LogP contribution in [0.25, 0.3) is 10.9 Å². The number of fused-ring (bicyclic) bond motifs is 1. The van der Waals surface area contributed by atoms with E-state index in [-0.39, 0.29) is 0 Å². The molecule has 4 heteroatoms. The lowest BCUT2D eigenvalue weighted by Crippen LogP contribution is -2.05. The molecule has 0 amide bonds. The molecule has 2 rings (SSSR count). The standard InChI is InChI=1S/C13H15Cl2NO/c1-2-6-17-7-5-16-4-3-11-12(15)8-10(14)9-13(11)16/h3-4,8-9H,2,5-7H2,1H3. The molecule has 0 spiro atoms. The van der Waals surface area contributed by atoms with E-state index < -0.39 is 0 Å². The summed E-state index contributed by atoms with van der Waals surface area (Å²) in [5.41, 5.74) is 1.06. The molecule has 0 fully saturated rings. The normalized spacial score (nSPS) is 11.2. The van der Waals surface area contributed by atoms with Crippen LogP contribution < -0.4 is 0 Å². The van der Waals surface area contributed by atoms with Crippen LogP contribution in [0.3, 0.4) is 0 Å². The minimum absolute atomic E-state index is 0.664. The highest BCUT2D eigenvalue weighted by Gasteiger charge is 2.06. The van der Waals surface area contributed by atoms with Crippen LogP contribution in [0.1, 0.15) is 13.3 Å². The number of halogens is 2. The van der Waals surface area contributed by atoms with Gasteiger partial charge >= 0.3 is 0 Å². The zero-order chi connectivity index (χ0) is 12.3. The summed E-state index contributed by atoms with van der Waals surface area (Å²) in [5.74, 6) is 0. The van der Waals surface area contributed by atoms with Crippen molar-refractivity contribution in [2.24, 2.45) is 0 Å². The van der Waals surface area contributed by atoms with Crippen molar-refractivity contribution in [2.75, 3.05) is 13.2 Å². The summed E-state index contributed by atoms with van der Waals surface area (Å²) in [4.78, 5) is 0. The van der Waals surface area contributed by atoms with E-state index in [2.05, 4.69) is 11.5 Å². The molecule has 0 N–H and O–H groups in total. The number of hydrogen-bond acceptors (Lipinski definition) is 1. The Bertz CT molecular complexity index is 507. The Morgan fingerprint density at radius 1 is 1.24 bits per heavy atom. The summed E-state index contributed by atoms with van der Waals surface area (Å²) in [6.07, 6.45) is 3.06. The van der Waals surface area contributed by atoms with Gasteiger partial charge in [-0.1, -0.05) is 30.1 Å². The third-order valence-corrected chi connectivity index (χ3v) is 3.16. The maximum Gasteiger partial charge on any atom is 0.0645 e. The van der Waals surface area contributed by atoms with Gasteiger partial charge in [0.1, 0.15) is 0 Å². The number of aromatic nitrogens is 1. The molecule has 0 aliphatic rings. The first-order valence-corrected chi connectivity index (χ1v) is 6.49. The number of rotatable bonds is 5. The zero-order valence-corrected chi connectivity index (χ0v) is 11.3. The molecule has 92 valence electrons. The van der Waals surface area contributed by atoms with Gasteiger partial charge in [-0.3, -0.25) is 0 Å². The van der Waals surface area contributed by atoms with Gasteiger partial charge < -0.3 is 9.30 Å². The molecule has 1 aromatic carbocycles. The fourth-order valence-corrected chi connectivity index (χ4v) is 2.37. The number of hydrogen-bond donors (Lipinski definition) is 0. The van der Waals surface area contributed by atoms with Crippen LogP contribution in [0.5, 0.6) is 0 Å². The molecule has 0 aliphatic heterocycles. The minimum atomic E-state index is 0.664. The molecule has 0 atom stereocenters. The first-order valence-electron chi connectivity index (χ1n) is 5.74. The maximum atomic E-state index is 6.13. The summed E-state index contributed by atoms with van der Waals surface area (Å²) in [6.45, 7) is 4.44. The Morgan fingerprint density at radius 3 is 2.82 bits per heavy atom. The zero-order valence-electron chi connectivity index (χ0n) is 9.75. The number of ether oxygens (including phenoxy) is 1. The van der Waals surface area contributed by atoms with Crippen molar-refractivity contribution >= 4 is 34.1 Å². The summed E-state index contributed by atoms with van der Waals surface area (Å²) in [6, 6.07) is 5.71. The van der Waals surface area contributed by atoms with Gasteiger partial charge in [0.05, 0.1) is 17.1 Å². The summed E-state index contributed by atoms with van der Waals surface area (Å²) < 4.78 is 7.59. The van der Waals surface area contributed by atoms with Crippen LogP contribution in [-0.2, 0) is 11.3 Å². The van der Waals surface area contributed by atoms with Gasteiger partial charge in [0.15, 0.2) is 0 Å². The second-order valence-electron chi connectivity index (χ2n) is 3.94. The van der Waals surface area contributed by atoms with E-state index in [0.29, 0.717) is 16.7 Å². The number of nitrogens with zero attached hydrogens (tertiary/aromatic N) is 1. The minimum Gasteiger partial charge on any atom is -0.380 e. The highest BCUT2D eigenvalue weighted by molar-refractivity contribution is 6.38. The van der Waals surface area contributed by atoms with Gasteiger partial charge in [0.2, 0.25) is 0 Å². The predicted molar refractivity (Wildman–Crippen MR) is 73.1 cm³/mol. The molecule has 0 bridgehead atoms. The average molecular weight is 272 g/mol. The Labute approximate surface area is 111 Å². The third kappa shape index (κ3) is 2.95. The van der Waals surface area contributed by atoms with E-state index in [4.69, 9.17) is 27.9 Å². The van der Waals surface area contributed by atoms with Crippen LogP contribution in [0.2, 0.25) is 10.0 Å². The van der Waals surface area contributed by atoms with Gasteiger partial charge in [0, 0.05) is 29.8 Å². The van der Waals surface area contributed by atoms with Gasteiger partial charge in [0.25, 0.3) is 0 Å². The largest absolute Gasteiger partial charge is 0.380 e. The molecule has 0 radical (unpaired) electrons. The smallest absolute Gasteiger partial charge is 0.0645 e. The molecule has 0 saturated carbocycles. The van der Waals surface area contributed by atoms with E-state index >= 15 is 0 Å². The molecular formula is C13H15Cl2NO. The van der Waals surface area contributed by atoms with Gasteiger partial charge in [-0.15, -0.1) is 0 Å². The fourth-order valence-electron chi connectivity index (χ4n) is 1.82. The summed E-state index contributed by atoms with van der Waals surface area (Å²) >= 11 is 12.1. The average Bonchev–Trinajstić information content (AvgIpc) is 2.68. The van der Waals surface area contributed by atoms with Gasteiger partial charge in [-0.25, -0.2) is 0 Å². The van der Waals surface area contributed by atoms with Crippen molar-refractivity contribution in [2.45, 2.75) is 19.9 Å². The monoisotopic (exact) mass is 271 g/mol. The van der Waals surface area contributed by atoms with Gasteiger partial charge in [-0.05, 0) is 24.6 Å². The van der Waals surface area contributed by atoms with Crippen molar-refractivity contribution in [1.82, 2.24) is 4.57 Å². The maximum absolute atomic E-state index is 6.13. The van der Waals surface area contributed by atoms with Crippen LogP contribution in [0.15, 0.2) is 24.4 Å². The van der Waals surface area contributed by atoms with Crippen molar-refractivity contribution in [1.29, 1.82) is 0 Å². The van der Waals surface area contributed by atoms with E-state index in [1.165, 1.54) is 0 Å². The molecule has 17 heavy (non-hydrogen) atoms. The third-order valence-electron chi connectivity index (χ3n) is 2.63. The van der Waals surface area contributed by atoms with E-state index in [9.17, 15) is 0 Å². The molecule has 0 unspecified atom stereocenters. The molecule has 0 saturated heterocycles. The van der Waals surface area contributed by atoms with Crippen LogP contribution in [0.4, 0.5) is 0 Å². The summed E-state index contributed by atoms with van der Waals surface area (Å²) in [7, 11) is 0. The van der Waals surface area contributed by atoms with Crippen LogP contribution >= 0.6 is 23.2 Å². The van der Waals surface area contributed by atoms with Crippen molar-refractivity contribution in [3.8, 4) is 0 Å². The second-order valence-corrected chi connectivity index (χ2v) is 4.79. The molecular weight excluding hydrogens is 257 g/mol. The van der Waals surface area contributed by atoms with Gasteiger partial charge in [-0.2, -0.15) is 0 Å². The predicted octanol–water partition coefficient (Wildman–Crippen LogP) is 4.37. The topological polar surface area (TPSA) is 14.2 Å². The van der Waals surface area contributed by atoms with E-state index in [1.807, 2.05) is 18.3 Å². The highest BCUT2D eigenvalue weighted by Crippen LogP contribution is 2.28. The molecule has 2 aromatic rings. The quantitative estimate of drug-likeness (QED) is 0.737. The van der Waals surface area contributed by atoms with Crippen molar-refractivity contribution in [3.63, 3.8) is 0 Å². The SMILES string of the molecule is CCCOCCn1ccc2c(Cl)cc(Cl)cc21. The van der Waals surface area contributed by atoms with E-state index in [0.717, 1.165) is 30.5 Å². The molecule has 2 nitrogen and oxygen atoms in total. The Morgan fingerprint density at radius 2 is 2.06 bits per heavy atom. The van der Waals surface area contributed by atoms with E-state index in [1.54, 1.807) is 6.07 Å². The Hall–Kier alpha value is -0.700. The molecule has 0 aliphatic carbocycles. The Balaban J connectivity index is 2.18. The first kappa shape index (κ1) is 12.7. The van der Waals surface area contributed by atoms with Crippen LogP contribution in [0, 0.1) is 0 Å². The first-order chi connectivity index (χ1) is 8.22. The van der Waals surface area contributed by atoms with Crippen LogP contribution in [-0.4, -0.2) is 17.8 Å².